The summed E-state index contributed by atoms with van der Waals surface area (Å²) in [5.74, 6) is -1.23. The van der Waals surface area contributed by atoms with E-state index in [1.54, 1.807) is 20.0 Å². The van der Waals surface area contributed by atoms with Gasteiger partial charge in [-0.1, -0.05) is 54.1 Å². The Morgan fingerprint density at radius 2 is 1.76 bits per heavy atom. The number of carboxylic acids is 1. The number of amides is 1. The molecule has 6 heteroatoms. The molecule has 0 saturated carbocycles. The average Bonchev–Trinajstić information content (AvgIpc) is 2.59. The van der Waals surface area contributed by atoms with Gasteiger partial charge in [-0.2, -0.15) is 0 Å². The van der Waals surface area contributed by atoms with Gasteiger partial charge in [-0.3, -0.25) is 14.5 Å². The summed E-state index contributed by atoms with van der Waals surface area (Å²) in [5, 5.41) is 12.6. The second-order valence-corrected chi connectivity index (χ2v) is 6.33. The number of carboxylic acid groups (broad SMARTS) is 1. The van der Waals surface area contributed by atoms with Crippen LogP contribution in [0, 0.1) is 0 Å². The van der Waals surface area contributed by atoms with Crippen LogP contribution in [0.25, 0.3) is 0 Å². The molecule has 2 atom stereocenters. The van der Waals surface area contributed by atoms with Crippen molar-refractivity contribution in [1.29, 1.82) is 0 Å². The number of nitrogens with one attached hydrogen (secondary N) is 1. The van der Waals surface area contributed by atoms with Gasteiger partial charge in [-0.25, -0.2) is 0 Å². The van der Waals surface area contributed by atoms with Gasteiger partial charge in [0.1, 0.15) is 6.04 Å². The third-order valence-electron chi connectivity index (χ3n) is 4.03. The molecule has 2 N–H and O–H groups in total. The first-order valence-corrected chi connectivity index (χ1v) is 8.29. The van der Waals surface area contributed by atoms with Crippen molar-refractivity contribution in [1.82, 2.24) is 10.2 Å². The Kier molecular flexibility index (Phi) is 6.56. The topological polar surface area (TPSA) is 69.6 Å². The maximum atomic E-state index is 12.4. The third kappa shape index (κ3) is 5.31. The number of carbonyl (C=O) groups is 2. The van der Waals surface area contributed by atoms with Gasteiger partial charge < -0.3 is 10.4 Å². The fraction of sp³-hybridized carbons (Fsp3) is 0.263. The Morgan fingerprint density at radius 3 is 2.36 bits per heavy atom. The molecule has 0 aliphatic carbocycles. The highest BCUT2D eigenvalue weighted by molar-refractivity contribution is 6.30. The SMILES string of the molecule is CC(C(=O)O)N(C)CC(=O)NC(c1ccccc1)c1cccc(Cl)c1. The summed E-state index contributed by atoms with van der Waals surface area (Å²) in [6, 6.07) is 15.8. The number of aliphatic carboxylic acids is 1. The van der Waals surface area contributed by atoms with Gasteiger partial charge in [0.25, 0.3) is 0 Å². The van der Waals surface area contributed by atoms with Crippen LogP contribution in [0.1, 0.15) is 24.1 Å². The van der Waals surface area contributed by atoms with Crippen molar-refractivity contribution in [2.45, 2.75) is 19.0 Å². The Morgan fingerprint density at radius 1 is 1.12 bits per heavy atom. The first-order valence-electron chi connectivity index (χ1n) is 7.91. The molecule has 0 aromatic heterocycles. The van der Waals surface area contributed by atoms with E-state index in [0.29, 0.717) is 5.02 Å². The predicted octanol–water partition coefficient (Wildman–Crippen LogP) is 2.95. The quantitative estimate of drug-likeness (QED) is 0.796. The maximum Gasteiger partial charge on any atom is 0.320 e. The van der Waals surface area contributed by atoms with Gasteiger partial charge >= 0.3 is 5.97 Å². The highest BCUT2D eigenvalue weighted by Gasteiger charge is 2.22. The molecular formula is C19H21ClN2O3. The molecular weight excluding hydrogens is 340 g/mol. The van der Waals surface area contributed by atoms with Crippen LogP contribution >= 0.6 is 11.6 Å². The molecule has 2 unspecified atom stereocenters. The molecule has 2 aromatic carbocycles. The molecule has 0 heterocycles. The van der Waals surface area contributed by atoms with Crippen molar-refractivity contribution in [3.8, 4) is 0 Å². The van der Waals surface area contributed by atoms with Crippen molar-refractivity contribution in [3.05, 3.63) is 70.7 Å². The molecule has 0 saturated heterocycles. The second kappa shape index (κ2) is 8.65. The number of hydrogen-bond donors (Lipinski definition) is 2. The lowest BCUT2D eigenvalue weighted by Crippen LogP contribution is -2.43. The number of halogens is 1. The minimum Gasteiger partial charge on any atom is -0.480 e. The fourth-order valence-corrected chi connectivity index (χ4v) is 2.65. The molecule has 5 nitrogen and oxygen atoms in total. The van der Waals surface area contributed by atoms with Gasteiger partial charge in [-0.05, 0) is 37.2 Å². The van der Waals surface area contributed by atoms with Crippen LogP contribution in [-0.4, -0.2) is 41.5 Å². The molecule has 0 spiro atoms. The van der Waals surface area contributed by atoms with Crippen LogP contribution in [-0.2, 0) is 9.59 Å². The summed E-state index contributed by atoms with van der Waals surface area (Å²) < 4.78 is 0. The van der Waals surface area contributed by atoms with E-state index < -0.39 is 12.0 Å². The first-order chi connectivity index (χ1) is 11.9. The maximum absolute atomic E-state index is 12.4. The van der Waals surface area contributed by atoms with E-state index in [1.807, 2.05) is 48.5 Å². The van der Waals surface area contributed by atoms with Crippen LogP contribution in [0.4, 0.5) is 0 Å². The van der Waals surface area contributed by atoms with Gasteiger partial charge in [0, 0.05) is 5.02 Å². The Bertz CT molecular complexity index is 736. The summed E-state index contributed by atoms with van der Waals surface area (Å²) in [7, 11) is 1.61. The molecule has 25 heavy (non-hydrogen) atoms. The van der Waals surface area contributed by atoms with Crippen molar-refractivity contribution >= 4 is 23.5 Å². The highest BCUT2D eigenvalue weighted by atomic mass is 35.5. The van der Waals surface area contributed by atoms with E-state index >= 15 is 0 Å². The van der Waals surface area contributed by atoms with Crippen molar-refractivity contribution < 1.29 is 14.7 Å². The average molecular weight is 361 g/mol. The Balaban J connectivity index is 2.19. The summed E-state index contributed by atoms with van der Waals surface area (Å²) in [6.45, 7) is 1.53. The van der Waals surface area contributed by atoms with Gasteiger partial charge in [-0.15, -0.1) is 0 Å². The molecule has 1 amide bonds. The van der Waals surface area contributed by atoms with Crippen LogP contribution in [0.5, 0.6) is 0 Å². The van der Waals surface area contributed by atoms with Crippen molar-refractivity contribution in [2.75, 3.05) is 13.6 Å². The monoisotopic (exact) mass is 360 g/mol. The first kappa shape index (κ1) is 19.0. The largest absolute Gasteiger partial charge is 0.480 e. The normalized spacial score (nSPS) is 13.3. The molecule has 0 aliphatic heterocycles. The zero-order valence-corrected chi connectivity index (χ0v) is 14.9. The molecule has 0 fully saturated rings. The third-order valence-corrected chi connectivity index (χ3v) is 4.27. The van der Waals surface area contributed by atoms with E-state index in [1.165, 1.54) is 4.90 Å². The number of nitrogens with zero attached hydrogens (tertiary/aromatic N) is 1. The lowest BCUT2D eigenvalue weighted by Gasteiger charge is -2.24. The lowest BCUT2D eigenvalue weighted by atomic mass is 9.98. The fourth-order valence-electron chi connectivity index (χ4n) is 2.45. The van der Waals surface area contributed by atoms with Crippen LogP contribution < -0.4 is 5.32 Å². The van der Waals surface area contributed by atoms with E-state index in [0.717, 1.165) is 11.1 Å². The highest BCUT2D eigenvalue weighted by Crippen LogP contribution is 2.24. The molecule has 132 valence electrons. The minimum absolute atomic E-state index is 0.0165. The summed E-state index contributed by atoms with van der Waals surface area (Å²) in [5.41, 5.74) is 1.79. The number of hydrogen-bond acceptors (Lipinski definition) is 3. The zero-order chi connectivity index (χ0) is 18.4. The summed E-state index contributed by atoms with van der Waals surface area (Å²) in [4.78, 5) is 25.0. The number of rotatable bonds is 7. The van der Waals surface area contributed by atoms with E-state index in [9.17, 15) is 9.59 Å². The second-order valence-electron chi connectivity index (χ2n) is 5.90. The number of benzene rings is 2. The number of likely N-dealkylation sites (N-methyl/N-ethyl adjacent to an activating group) is 1. The Hall–Kier alpha value is -2.37. The van der Waals surface area contributed by atoms with E-state index in [4.69, 9.17) is 16.7 Å². The molecule has 0 bridgehead atoms. The molecule has 2 aromatic rings. The molecule has 2 rings (SSSR count). The lowest BCUT2D eigenvalue weighted by molar-refractivity contribution is -0.142. The van der Waals surface area contributed by atoms with Gasteiger partial charge in [0.05, 0.1) is 12.6 Å². The van der Waals surface area contributed by atoms with Gasteiger partial charge in [0.2, 0.25) is 5.91 Å². The number of carbonyl (C=O) groups excluding carboxylic acids is 1. The van der Waals surface area contributed by atoms with Crippen molar-refractivity contribution in [2.24, 2.45) is 0 Å². The predicted molar refractivity (Wildman–Crippen MR) is 97.6 cm³/mol. The van der Waals surface area contributed by atoms with Crippen molar-refractivity contribution in [3.63, 3.8) is 0 Å². The van der Waals surface area contributed by atoms with E-state index in [2.05, 4.69) is 5.32 Å². The zero-order valence-electron chi connectivity index (χ0n) is 14.1. The molecule has 0 aliphatic rings. The summed E-state index contributed by atoms with van der Waals surface area (Å²) in [6.07, 6.45) is 0. The standard InChI is InChI=1S/C19H21ClN2O3/c1-13(19(24)25)22(2)12-17(23)21-18(14-7-4-3-5-8-14)15-9-6-10-16(20)11-15/h3-11,13,18H,12H2,1-2H3,(H,21,23)(H,24,25). The Labute approximate surface area is 152 Å². The van der Waals surface area contributed by atoms with Crippen LogP contribution in [0.3, 0.4) is 0 Å². The summed E-state index contributed by atoms with van der Waals surface area (Å²) >= 11 is 6.09. The van der Waals surface area contributed by atoms with E-state index in [-0.39, 0.29) is 18.5 Å². The van der Waals surface area contributed by atoms with Crippen LogP contribution in [0.2, 0.25) is 5.02 Å². The smallest absolute Gasteiger partial charge is 0.320 e. The minimum atomic E-state index is -0.968. The van der Waals surface area contributed by atoms with Gasteiger partial charge in [0.15, 0.2) is 0 Å². The van der Waals surface area contributed by atoms with Crippen LogP contribution in [0.15, 0.2) is 54.6 Å². The molecule has 0 radical (unpaired) electrons.